The SMILES string of the molecule is CC(=O)OC[C@H]1O[C@@H](SCC[Si](C)C)[C@H](OC(C)=O)[C@@H](OC(C)=O)[C@@H]1OC(C)=O. The van der Waals surface area contributed by atoms with E-state index < -0.39 is 62.5 Å². The van der Waals surface area contributed by atoms with Gasteiger partial charge in [-0.15, -0.1) is 11.8 Å². The first-order chi connectivity index (χ1) is 13.5. The Bertz CT molecular complexity index is 598. The lowest BCUT2D eigenvalue weighted by Crippen LogP contribution is -2.61. The average molecular weight is 450 g/mol. The summed E-state index contributed by atoms with van der Waals surface area (Å²) in [4.78, 5) is 46.3. The molecule has 1 rings (SSSR count). The van der Waals surface area contributed by atoms with Crippen LogP contribution in [0.25, 0.3) is 0 Å². The summed E-state index contributed by atoms with van der Waals surface area (Å²) in [6.07, 6.45) is -4.07. The predicted octanol–water partition coefficient (Wildman–Crippen LogP) is 1.56. The minimum absolute atomic E-state index is 0.203. The van der Waals surface area contributed by atoms with Crippen LogP contribution >= 0.6 is 11.8 Å². The van der Waals surface area contributed by atoms with E-state index in [1.165, 1.54) is 39.5 Å². The van der Waals surface area contributed by atoms with Gasteiger partial charge >= 0.3 is 23.9 Å². The standard InChI is InChI=1S/C18H29O9SSi/c1-10(19)23-9-14-15(24-11(2)20)16(25-12(3)21)17(26-13(4)22)18(27-14)28-7-8-29(5)6/h14-18H,7-9H2,1-6H3/t14-,15-,16+,17-,18+/m1/s1. The van der Waals surface area contributed by atoms with Gasteiger partial charge in [0, 0.05) is 36.5 Å². The van der Waals surface area contributed by atoms with Crippen LogP contribution in [-0.4, -0.2) is 74.9 Å². The van der Waals surface area contributed by atoms with Crippen LogP contribution in [-0.2, 0) is 42.9 Å². The van der Waals surface area contributed by atoms with Crippen molar-refractivity contribution >= 4 is 44.4 Å². The van der Waals surface area contributed by atoms with Crippen molar-refractivity contribution in [3.8, 4) is 0 Å². The van der Waals surface area contributed by atoms with Crippen LogP contribution in [0.5, 0.6) is 0 Å². The molecule has 5 atom stereocenters. The maximum Gasteiger partial charge on any atom is 0.303 e. The molecule has 11 heteroatoms. The maximum atomic E-state index is 11.7. The van der Waals surface area contributed by atoms with Crippen LogP contribution in [0.4, 0.5) is 0 Å². The van der Waals surface area contributed by atoms with Crippen molar-refractivity contribution in [2.45, 2.75) is 76.7 Å². The monoisotopic (exact) mass is 449 g/mol. The van der Waals surface area contributed by atoms with Crippen molar-refractivity contribution in [3.63, 3.8) is 0 Å². The lowest BCUT2D eigenvalue weighted by atomic mass is 9.99. The zero-order valence-corrected chi connectivity index (χ0v) is 19.4. The Kier molecular flexibility index (Phi) is 10.7. The molecule has 9 nitrogen and oxygen atoms in total. The number of esters is 4. The molecule has 1 aliphatic heterocycles. The van der Waals surface area contributed by atoms with Crippen LogP contribution in [0.2, 0.25) is 19.1 Å². The van der Waals surface area contributed by atoms with E-state index >= 15 is 0 Å². The maximum absolute atomic E-state index is 11.7. The highest BCUT2D eigenvalue weighted by molar-refractivity contribution is 7.99. The number of ether oxygens (including phenoxy) is 5. The van der Waals surface area contributed by atoms with Crippen molar-refractivity contribution in [1.29, 1.82) is 0 Å². The van der Waals surface area contributed by atoms with Crippen LogP contribution < -0.4 is 0 Å². The van der Waals surface area contributed by atoms with Gasteiger partial charge in [-0.1, -0.05) is 19.1 Å². The van der Waals surface area contributed by atoms with Crippen LogP contribution in [0, 0.1) is 0 Å². The minimum Gasteiger partial charge on any atom is -0.463 e. The predicted molar refractivity (Wildman–Crippen MR) is 107 cm³/mol. The molecule has 0 amide bonds. The van der Waals surface area contributed by atoms with E-state index in [0.29, 0.717) is 0 Å². The molecule has 1 heterocycles. The summed E-state index contributed by atoms with van der Waals surface area (Å²) in [6, 6.07) is 0.988. The molecule has 0 aromatic rings. The normalized spacial score (nSPS) is 26.5. The van der Waals surface area contributed by atoms with Crippen molar-refractivity contribution in [1.82, 2.24) is 0 Å². The first-order valence-electron chi connectivity index (χ1n) is 9.22. The second-order valence-corrected chi connectivity index (χ2v) is 11.0. The van der Waals surface area contributed by atoms with Crippen molar-refractivity contribution in [3.05, 3.63) is 0 Å². The third kappa shape index (κ3) is 9.17. The highest BCUT2D eigenvalue weighted by Gasteiger charge is 2.52. The summed E-state index contributed by atoms with van der Waals surface area (Å²) >= 11 is 1.42. The third-order valence-electron chi connectivity index (χ3n) is 3.83. The van der Waals surface area contributed by atoms with Gasteiger partial charge in [0.15, 0.2) is 18.3 Å². The van der Waals surface area contributed by atoms with E-state index in [-0.39, 0.29) is 6.61 Å². The molecule has 0 N–H and O–H groups in total. The molecule has 1 fully saturated rings. The zero-order chi connectivity index (χ0) is 22.1. The van der Waals surface area contributed by atoms with Crippen molar-refractivity contribution in [2.75, 3.05) is 12.4 Å². The lowest BCUT2D eigenvalue weighted by molar-refractivity contribution is -0.237. The van der Waals surface area contributed by atoms with Gasteiger partial charge in [0.2, 0.25) is 0 Å². The van der Waals surface area contributed by atoms with Crippen molar-refractivity contribution in [2.24, 2.45) is 0 Å². The van der Waals surface area contributed by atoms with Gasteiger partial charge in [-0.3, -0.25) is 19.2 Å². The first-order valence-corrected chi connectivity index (χ1v) is 13.0. The summed E-state index contributed by atoms with van der Waals surface area (Å²) in [7, 11) is -0.476. The molecule has 1 radical (unpaired) electrons. The second-order valence-electron chi connectivity index (χ2n) is 6.90. The van der Waals surface area contributed by atoms with E-state index in [0.717, 1.165) is 11.8 Å². The number of hydrogen-bond acceptors (Lipinski definition) is 10. The molecule has 0 aliphatic carbocycles. The molecule has 1 aliphatic rings. The number of hydrogen-bond donors (Lipinski definition) is 0. The number of rotatable bonds is 9. The smallest absolute Gasteiger partial charge is 0.303 e. The van der Waals surface area contributed by atoms with Crippen LogP contribution in [0.1, 0.15) is 27.7 Å². The average Bonchev–Trinajstić information content (AvgIpc) is 2.56. The van der Waals surface area contributed by atoms with Gasteiger partial charge in [0.1, 0.15) is 18.1 Å². The van der Waals surface area contributed by atoms with Gasteiger partial charge in [0.25, 0.3) is 0 Å². The van der Waals surface area contributed by atoms with Gasteiger partial charge in [-0.25, -0.2) is 0 Å². The van der Waals surface area contributed by atoms with Gasteiger partial charge in [-0.05, 0) is 5.75 Å². The van der Waals surface area contributed by atoms with Crippen molar-refractivity contribution < 1.29 is 42.9 Å². The fourth-order valence-electron chi connectivity index (χ4n) is 2.70. The fraction of sp³-hybridized carbons (Fsp3) is 0.778. The Hall–Kier alpha value is -1.59. The van der Waals surface area contributed by atoms with E-state index in [4.69, 9.17) is 23.7 Å². The summed E-state index contributed by atoms with van der Waals surface area (Å²) in [5.74, 6) is -1.64. The molecule has 29 heavy (non-hydrogen) atoms. The number of carbonyl (C=O) groups excluding carboxylic acids is 4. The van der Waals surface area contributed by atoms with Crippen LogP contribution in [0.15, 0.2) is 0 Å². The minimum atomic E-state index is -1.10. The molecule has 0 unspecified atom stereocenters. The fourth-order valence-corrected chi connectivity index (χ4v) is 5.66. The number of carbonyl (C=O) groups is 4. The van der Waals surface area contributed by atoms with Gasteiger partial charge in [-0.2, -0.15) is 0 Å². The molecule has 165 valence electrons. The Morgan fingerprint density at radius 2 is 1.34 bits per heavy atom. The molecular formula is C18H29O9SSi. The lowest BCUT2D eigenvalue weighted by Gasteiger charge is -2.44. The quantitative estimate of drug-likeness (QED) is 0.292. The third-order valence-corrected chi connectivity index (χ3v) is 6.59. The molecule has 0 aromatic heterocycles. The highest BCUT2D eigenvalue weighted by Crippen LogP contribution is 2.34. The summed E-state index contributed by atoms with van der Waals surface area (Å²) in [6.45, 7) is 9.03. The Morgan fingerprint density at radius 1 is 0.828 bits per heavy atom. The summed E-state index contributed by atoms with van der Waals surface area (Å²) in [5, 5.41) is 0. The van der Waals surface area contributed by atoms with E-state index in [2.05, 4.69) is 13.1 Å². The molecule has 0 saturated carbocycles. The van der Waals surface area contributed by atoms with E-state index in [1.807, 2.05) is 0 Å². The topological polar surface area (TPSA) is 114 Å². The summed E-state index contributed by atoms with van der Waals surface area (Å²) < 4.78 is 27.2. The van der Waals surface area contributed by atoms with Crippen LogP contribution in [0.3, 0.4) is 0 Å². The Labute approximate surface area is 176 Å². The van der Waals surface area contributed by atoms with E-state index in [1.54, 1.807) is 0 Å². The Balaban J connectivity index is 3.21. The largest absolute Gasteiger partial charge is 0.463 e. The first kappa shape index (κ1) is 25.4. The van der Waals surface area contributed by atoms with E-state index in [9.17, 15) is 19.2 Å². The molecular weight excluding hydrogens is 420 g/mol. The molecule has 0 spiro atoms. The van der Waals surface area contributed by atoms with Gasteiger partial charge < -0.3 is 23.7 Å². The molecule has 1 saturated heterocycles. The zero-order valence-electron chi connectivity index (χ0n) is 17.6. The Morgan fingerprint density at radius 3 is 1.83 bits per heavy atom. The molecule has 0 aromatic carbocycles. The summed E-state index contributed by atoms with van der Waals surface area (Å²) in [5.41, 5.74) is -0.683. The highest BCUT2D eigenvalue weighted by atomic mass is 32.2. The molecule has 0 bridgehead atoms. The second kappa shape index (κ2) is 12.2. The van der Waals surface area contributed by atoms with Gasteiger partial charge in [0.05, 0.1) is 0 Å². The number of thioether (sulfide) groups is 1.